The molecule has 0 aliphatic heterocycles. The van der Waals surface area contributed by atoms with Gasteiger partial charge in [-0.25, -0.2) is 0 Å². The predicted octanol–water partition coefficient (Wildman–Crippen LogP) is 1.72. The van der Waals surface area contributed by atoms with Gasteiger partial charge in [0.1, 0.15) is 0 Å². The minimum Gasteiger partial charge on any atom is -0.345 e. The molecule has 0 fully saturated rings. The molecule has 1 heterocycles. The van der Waals surface area contributed by atoms with E-state index in [9.17, 15) is 24.5 Å². The Morgan fingerprint density at radius 1 is 1.18 bits per heavy atom. The van der Waals surface area contributed by atoms with Crippen molar-refractivity contribution in [2.45, 2.75) is 13.0 Å². The van der Waals surface area contributed by atoms with Crippen molar-refractivity contribution in [2.24, 2.45) is 0 Å². The third-order valence-corrected chi connectivity index (χ3v) is 5.00. The Bertz CT molecular complexity index is 869. The molecule has 28 heavy (non-hydrogen) atoms. The number of non-ortho nitro benzene ring substituents is 1. The summed E-state index contributed by atoms with van der Waals surface area (Å²) < 4.78 is 0. The van der Waals surface area contributed by atoms with E-state index in [1.807, 2.05) is 0 Å². The second kappa shape index (κ2) is 9.60. The van der Waals surface area contributed by atoms with E-state index < -0.39 is 16.9 Å². The molecule has 2 rings (SSSR count). The first-order valence-electron chi connectivity index (χ1n) is 8.38. The quantitative estimate of drug-likeness (QED) is 0.512. The van der Waals surface area contributed by atoms with Gasteiger partial charge in [-0.05, 0) is 23.9 Å². The van der Waals surface area contributed by atoms with Gasteiger partial charge in [0.25, 0.3) is 11.6 Å². The fourth-order valence-corrected chi connectivity index (χ4v) is 2.99. The van der Waals surface area contributed by atoms with Gasteiger partial charge in [-0.15, -0.1) is 11.3 Å². The van der Waals surface area contributed by atoms with Crippen molar-refractivity contribution >= 4 is 34.7 Å². The minimum atomic E-state index is -0.497. The van der Waals surface area contributed by atoms with Crippen LogP contribution in [-0.2, 0) is 9.59 Å². The summed E-state index contributed by atoms with van der Waals surface area (Å²) in [5, 5.41) is 17.6. The van der Waals surface area contributed by atoms with Crippen molar-refractivity contribution < 1.29 is 19.3 Å². The Balaban J connectivity index is 1.82. The number of nitro benzene ring substituents is 1. The van der Waals surface area contributed by atoms with Crippen LogP contribution in [0.25, 0.3) is 0 Å². The molecule has 0 aliphatic rings. The van der Waals surface area contributed by atoms with E-state index in [2.05, 4.69) is 10.6 Å². The maximum absolute atomic E-state index is 12.3. The van der Waals surface area contributed by atoms with Gasteiger partial charge in [-0.1, -0.05) is 18.2 Å². The highest BCUT2D eigenvalue weighted by atomic mass is 32.1. The number of nitrogens with zero attached hydrogens (tertiary/aromatic N) is 2. The van der Waals surface area contributed by atoms with Crippen molar-refractivity contribution in [1.82, 2.24) is 15.5 Å². The molecule has 0 bridgehead atoms. The van der Waals surface area contributed by atoms with Crippen molar-refractivity contribution in [3.8, 4) is 0 Å². The fourth-order valence-electron chi connectivity index (χ4n) is 2.35. The van der Waals surface area contributed by atoms with Crippen molar-refractivity contribution in [3.63, 3.8) is 0 Å². The molecule has 0 aliphatic carbocycles. The Labute approximate surface area is 165 Å². The van der Waals surface area contributed by atoms with Gasteiger partial charge in [0.15, 0.2) is 0 Å². The van der Waals surface area contributed by atoms with Crippen LogP contribution in [0, 0.1) is 10.1 Å². The topological polar surface area (TPSA) is 122 Å². The largest absolute Gasteiger partial charge is 0.345 e. The molecular weight excluding hydrogens is 384 g/mol. The van der Waals surface area contributed by atoms with Gasteiger partial charge in [-0.2, -0.15) is 0 Å². The minimum absolute atomic E-state index is 0.0556. The summed E-state index contributed by atoms with van der Waals surface area (Å²) in [6.07, 6.45) is 0. The average Bonchev–Trinajstić information content (AvgIpc) is 3.24. The molecule has 0 saturated carbocycles. The zero-order chi connectivity index (χ0) is 20.7. The fraction of sp³-hybridized carbons (Fsp3) is 0.278. The number of hydrogen-bond acceptors (Lipinski definition) is 6. The first-order chi connectivity index (χ1) is 13.3. The predicted molar refractivity (Wildman–Crippen MR) is 104 cm³/mol. The summed E-state index contributed by atoms with van der Waals surface area (Å²) in [7, 11) is 1.55. The first-order valence-corrected chi connectivity index (χ1v) is 9.26. The highest BCUT2D eigenvalue weighted by Crippen LogP contribution is 2.22. The van der Waals surface area contributed by atoms with E-state index in [4.69, 9.17) is 0 Å². The molecular formula is C18H20N4O5S. The summed E-state index contributed by atoms with van der Waals surface area (Å²) in [5.74, 6) is -1.21. The summed E-state index contributed by atoms with van der Waals surface area (Å²) >= 11 is 1.26. The lowest BCUT2D eigenvalue weighted by atomic mass is 10.1. The highest BCUT2D eigenvalue weighted by Gasteiger charge is 2.20. The van der Waals surface area contributed by atoms with E-state index in [0.29, 0.717) is 10.4 Å². The number of amides is 3. The van der Waals surface area contributed by atoms with Crippen LogP contribution in [0.4, 0.5) is 5.69 Å². The Morgan fingerprint density at radius 2 is 1.93 bits per heavy atom. The molecule has 2 N–H and O–H groups in total. The van der Waals surface area contributed by atoms with Crippen molar-refractivity contribution in [3.05, 3.63) is 62.3 Å². The van der Waals surface area contributed by atoms with Gasteiger partial charge < -0.3 is 15.5 Å². The third kappa shape index (κ3) is 5.61. The molecule has 10 heteroatoms. The van der Waals surface area contributed by atoms with Gasteiger partial charge in [0.05, 0.1) is 28.9 Å². The zero-order valence-corrected chi connectivity index (χ0v) is 16.2. The number of thiophene rings is 1. The van der Waals surface area contributed by atoms with E-state index in [1.54, 1.807) is 43.6 Å². The van der Waals surface area contributed by atoms with Crippen LogP contribution in [0.1, 0.15) is 28.2 Å². The third-order valence-electron chi connectivity index (χ3n) is 4.13. The zero-order valence-electron chi connectivity index (χ0n) is 15.4. The SMILES string of the molecule is C[C@@H](c1cccc([N+](=O)[O-])c1)N(C)C(=O)CNC(=O)CNC(=O)c1cccs1. The van der Waals surface area contributed by atoms with E-state index in [-0.39, 0.29) is 30.6 Å². The molecule has 0 radical (unpaired) electrons. The number of nitro groups is 1. The van der Waals surface area contributed by atoms with Gasteiger partial charge in [0.2, 0.25) is 11.8 Å². The van der Waals surface area contributed by atoms with Crippen LogP contribution in [0.3, 0.4) is 0 Å². The van der Waals surface area contributed by atoms with E-state index >= 15 is 0 Å². The Morgan fingerprint density at radius 3 is 2.57 bits per heavy atom. The van der Waals surface area contributed by atoms with E-state index in [0.717, 1.165) is 0 Å². The molecule has 0 unspecified atom stereocenters. The summed E-state index contributed by atoms with van der Waals surface area (Å²) in [4.78, 5) is 48.2. The number of benzene rings is 1. The standard InChI is InChI=1S/C18H20N4O5S/c1-12(13-5-3-6-14(9-13)22(26)27)21(2)17(24)11-19-16(23)10-20-18(25)15-7-4-8-28-15/h3-9,12H,10-11H2,1-2H3,(H,19,23)(H,20,25)/t12-/m0/s1. The summed E-state index contributed by atoms with van der Waals surface area (Å²) in [5.41, 5.74) is 0.555. The molecule has 2 aromatic rings. The Hall–Kier alpha value is -3.27. The van der Waals surface area contributed by atoms with Crippen LogP contribution in [-0.4, -0.2) is 47.7 Å². The van der Waals surface area contributed by atoms with Crippen molar-refractivity contribution in [2.75, 3.05) is 20.1 Å². The number of hydrogen-bond donors (Lipinski definition) is 2. The molecule has 3 amide bonds. The monoisotopic (exact) mass is 404 g/mol. The smallest absolute Gasteiger partial charge is 0.269 e. The second-order valence-corrected chi connectivity index (χ2v) is 6.92. The highest BCUT2D eigenvalue weighted by molar-refractivity contribution is 7.12. The molecule has 0 spiro atoms. The number of carbonyl (C=O) groups is 3. The molecule has 1 aromatic carbocycles. The van der Waals surface area contributed by atoms with Crippen LogP contribution >= 0.6 is 11.3 Å². The van der Waals surface area contributed by atoms with Crippen LogP contribution in [0.2, 0.25) is 0 Å². The van der Waals surface area contributed by atoms with Gasteiger partial charge in [-0.3, -0.25) is 24.5 Å². The molecule has 1 aromatic heterocycles. The van der Waals surface area contributed by atoms with Gasteiger partial charge in [0, 0.05) is 19.2 Å². The Kier molecular flexibility index (Phi) is 7.21. The maximum atomic E-state index is 12.3. The number of nitrogens with one attached hydrogen (secondary N) is 2. The number of rotatable bonds is 8. The van der Waals surface area contributed by atoms with E-state index in [1.165, 1.54) is 28.4 Å². The van der Waals surface area contributed by atoms with Crippen LogP contribution < -0.4 is 10.6 Å². The average molecular weight is 404 g/mol. The maximum Gasteiger partial charge on any atom is 0.269 e. The van der Waals surface area contributed by atoms with Crippen LogP contribution in [0.15, 0.2) is 41.8 Å². The van der Waals surface area contributed by atoms with Crippen molar-refractivity contribution in [1.29, 1.82) is 0 Å². The first kappa shape index (κ1) is 21.0. The molecule has 148 valence electrons. The second-order valence-electron chi connectivity index (χ2n) is 5.97. The lowest BCUT2D eigenvalue weighted by molar-refractivity contribution is -0.384. The summed E-state index contributed by atoms with van der Waals surface area (Å²) in [6.45, 7) is 1.25. The lowest BCUT2D eigenvalue weighted by Crippen LogP contribution is -2.43. The normalized spacial score (nSPS) is 11.4. The lowest BCUT2D eigenvalue weighted by Gasteiger charge is -2.25. The molecule has 0 saturated heterocycles. The number of likely N-dealkylation sites (N-methyl/N-ethyl adjacent to an activating group) is 1. The molecule has 9 nitrogen and oxygen atoms in total. The molecule has 1 atom stereocenters. The summed E-state index contributed by atoms with van der Waals surface area (Å²) in [6, 6.07) is 9.00. The van der Waals surface area contributed by atoms with Crippen LogP contribution in [0.5, 0.6) is 0 Å². The van der Waals surface area contributed by atoms with Gasteiger partial charge >= 0.3 is 0 Å². The number of carbonyl (C=O) groups excluding carboxylic acids is 3.